The second kappa shape index (κ2) is 34.4. The maximum atomic E-state index is 12.6. The van der Waals surface area contributed by atoms with Crippen molar-refractivity contribution in [2.24, 2.45) is 11.5 Å². The van der Waals surface area contributed by atoms with Crippen LogP contribution in [0.25, 0.3) is 0 Å². The summed E-state index contributed by atoms with van der Waals surface area (Å²) in [6, 6.07) is -3.27. The van der Waals surface area contributed by atoms with Crippen LogP contribution in [0, 0.1) is 0 Å². The standard InChI is InChI=1S/C31H55N11O14S3/c32-9-23(44)40-20(17-58)30(51)38-11-25(46)36-10-24(45)37-12-26(47)42-21(18-59)31(52)39-13-27(48)41-19(16-57)29(50)35-2-4-54-6-8-55-7-5-53-3-1-34-28(49)15-56-14-22(33)43/h19-21,57-59H,1-18,32H2,(H2,33,43)(H,34,49)(H,35,50)(H,36,46)(H,37,45)(H,38,51)(H,39,52)(H,40,44)(H,41,48)(H,42,47). The summed E-state index contributed by atoms with van der Waals surface area (Å²) in [7, 11) is 0. The Bertz CT molecular complexity index is 1390. The summed E-state index contributed by atoms with van der Waals surface area (Å²) in [5.74, 6) is -7.01. The Hall–Kier alpha value is -4.45. The smallest absolute Gasteiger partial charge is 0.246 e. The van der Waals surface area contributed by atoms with Gasteiger partial charge in [0.2, 0.25) is 59.1 Å². The van der Waals surface area contributed by atoms with Gasteiger partial charge in [-0.3, -0.25) is 47.9 Å². The fourth-order valence-corrected chi connectivity index (χ4v) is 4.63. The monoisotopic (exact) mass is 901 g/mol. The van der Waals surface area contributed by atoms with E-state index in [0.29, 0.717) is 0 Å². The molecule has 0 heterocycles. The molecule has 3 atom stereocenters. The Morgan fingerprint density at radius 2 is 0.797 bits per heavy atom. The van der Waals surface area contributed by atoms with Crippen LogP contribution in [0.2, 0.25) is 0 Å². The first kappa shape index (κ1) is 54.6. The van der Waals surface area contributed by atoms with E-state index in [1.54, 1.807) is 0 Å². The van der Waals surface area contributed by atoms with Crippen molar-refractivity contribution in [1.29, 1.82) is 0 Å². The third kappa shape index (κ3) is 29.4. The third-order valence-electron chi connectivity index (χ3n) is 6.76. The van der Waals surface area contributed by atoms with Crippen molar-refractivity contribution in [3.8, 4) is 0 Å². The van der Waals surface area contributed by atoms with Gasteiger partial charge in [-0.05, 0) is 0 Å². The molecule has 3 unspecified atom stereocenters. The summed E-state index contributed by atoms with van der Waals surface area (Å²) in [6.07, 6.45) is 0. The first-order valence-corrected chi connectivity index (χ1v) is 19.7. The third-order valence-corrected chi connectivity index (χ3v) is 7.86. The fourth-order valence-electron chi connectivity index (χ4n) is 3.86. The predicted molar refractivity (Wildman–Crippen MR) is 217 cm³/mol. The van der Waals surface area contributed by atoms with Gasteiger partial charge in [-0.15, -0.1) is 0 Å². The van der Waals surface area contributed by atoms with E-state index in [9.17, 15) is 47.9 Å². The van der Waals surface area contributed by atoms with E-state index >= 15 is 0 Å². The lowest BCUT2D eigenvalue weighted by Crippen LogP contribution is -2.54. The Labute approximate surface area is 356 Å². The number of rotatable bonds is 34. The zero-order chi connectivity index (χ0) is 44.4. The normalized spacial score (nSPS) is 12.1. The van der Waals surface area contributed by atoms with Crippen molar-refractivity contribution in [3.63, 3.8) is 0 Å². The summed E-state index contributed by atoms with van der Waals surface area (Å²) >= 11 is 12.1. The van der Waals surface area contributed by atoms with Crippen molar-refractivity contribution in [2.75, 3.05) is 116 Å². The van der Waals surface area contributed by atoms with E-state index < -0.39 is 103 Å². The number of hydrogen-bond acceptors (Lipinski definition) is 18. The molecular weight excluding hydrogens is 847 g/mol. The number of hydrogen-bond donors (Lipinski definition) is 14. The molecular formula is C31H55N11O14S3. The summed E-state index contributed by atoms with van der Waals surface area (Å²) in [4.78, 5) is 119. The number of carbonyl (C=O) groups excluding carboxylic acids is 10. The van der Waals surface area contributed by atoms with Crippen LogP contribution in [0.1, 0.15) is 0 Å². The minimum absolute atomic E-state index is 0.0557. The van der Waals surface area contributed by atoms with E-state index in [0.717, 1.165) is 0 Å². The highest BCUT2D eigenvalue weighted by atomic mass is 32.1. The molecule has 336 valence electrons. The first-order chi connectivity index (χ1) is 28.2. The summed E-state index contributed by atoms with van der Waals surface area (Å²) in [5.41, 5.74) is 10.1. The van der Waals surface area contributed by atoms with Gasteiger partial charge in [-0.25, -0.2) is 0 Å². The highest BCUT2D eigenvalue weighted by Gasteiger charge is 2.23. The first-order valence-electron chi connectivity index (χ1n) is 17.8. The fraction of sp³-hybridized carbons (Fsp3) is 0.677. The van der Waals surface area contributed by atoms with Gasteiger partial charge in [0.1, 0.15) is 31.3 Å². The Balaban J connectivity index is 4.19. The summed E-state index contributed by atoms with van der Waals surface area (Å²) in [6.45, 7) is -1.38. The molecule has 0 aromatic carbocycles. The van der Waals surface area contributed by atoms with Gasteiger partial charge in [-0.1, -0.05) is 0 Å². The van der Waals surface area contributed by atoms with Crippen LogP contribution in [0.4, 0.5) is 0 Å². The van der Waals surface area contributed by atoms with Crippen LogP contribution < -0.4 is 59.3 Å². The molecule has 0 aromatic heterocycles. The zero-order valence-corrected chi connectivity index (χ0v) is 34.9. The van der Waals surface area contributed by atoms with Crippen molar-refractivity contribution in [1.82, 2.24) is 47.9 Å². The molecule has 0 radical (unpaired) electrons. The quantitative estimate of drug-likeness (QED) is 0.0211. The molecule has 0 rings (SSSR count). The van der Waals surface area contributed by atoms with E-state index in [1.807, 2.05) is 0 Å². The van der Waals surface area contributed by atoms with Crippen molar-refractivity contribution in [2.45, 2.75) is 18.1 Å². The van der Waals surface area contributed by atoms with E-state index in [1.165, 1.54) is 0 Å². The molecule has 0 saturated carbocycles. The molecule has 0 fully saturated rings. The van der Waals surface area contributed by atoms with Crippen LogP contribution in [0.15, 0.2) is 0 Å². The molecule has 10 amide bonds. The molecule has 0 aliphatic rings. The van der Waals surface area contributed by atoms with Crippen LogP contribution in [-0.4, -0.2) is 193 Å². The van der Waals surface area contributed by atoms with Crippen LogP contribution in [0.3, 0.4) is 0 Å². The lowest BCUT2D eigenvalue weighted by atomic mass is 10.3. The lowest BCUT2D eigenvalue weighted by Gasteiger charge is -2.19. The summed E-state index contributed by atoms with van der Waals surface area (Å²) < 4.78 is 20.8. The molecule has 0 saturated heterocycles. The number of nitrogens with two attached hydrogens (primary N) is 2. The Kier molecular flexibility index (Phi) is 31.8. The average molecular weight is 902 g/mol. The second-order valence-electron chi connectivity index (χ2n) is 11.5. The molecule has 28 heteroatoms. The number of thiol groups is 3. The van der Waals surface area contributed by atoms with Crippen molar-refractivity contribution >= 4 is 97.0 Å². The topological polar surface area (TPSA) is 368 Å². The van der Waals surface area contributed by atoms with Gasteiger partial charge >= 0.3 is 0 Å². The van der Waals surface area contributed by atoms with Gasteiger partial charge in [-0.2, -0.15) is 37.9 Å². The largest absolute Gasteiger partial charge is 0.377 e. The maximum Gasteiger partial charge on any atom is 0.246 e. The molecule has 0 bridgehead atoms. The second-order valence-corrected chi connectivity index (χ2v) is 12.6. The van der Waals surface area contributed by atoms with Gasteiger partial charge < -0.3 is 78.3 Å². The van der Waals surface area contributed by atoms with E-state index in [2.05, 4.69) is 85.7 Å². The number of carbonyl (C=O) groups is 10. The molecule has 0 spiro atoms. The van der Waals surface area contributed by atoms with Crippen LogP contribution in [0.5, 0.6) is 0 Å². The molecule has 0 aromatic rings. The maximum absolute atomic E-state index is 12.6. The highest BCUT2D eigenvalue weighted by Crippen LogP contribution is 1.92. The number of ether oxygens (including phenoxy) is 4. The van der Waals surface area contributed by atoms with Gasteiger partial charge in [0.25, 0.3) is 0 Å². The minimum atomic E-state index is -1.20. The van der Waals surface area contributed by atoms with Crippen molar-refractivity contribution in [3.05, 3.63) is 0 Å². The van der Waals surface area contributed by atoms with Gasteiger partial charge in [0.15, 0.2) is 0 Å². The Morgan fingerprint density at radius 3 is 1.24 bits per heavy atom. The molecule has 0 aliphatic carbocycles. The molecule has 25 nitrogen and oxygen atoms in total. The van der Waals surface area contributed by atoms with Gasteiger partial charge in [0, 0.05) is 30.3 Å². The average Bonchev–Trinajstić information content (AvgIpc) is 3.21. The number of amides is 10. The van der Waals surface area contributed by atoms with Crippen LogP contribution >= 0.6 is 37.9 Å². The van der Waals surface area contributed by atoms with Crippen molar-refractivity contribution < 1.29 is 66.9 Å². The van der Waals surface area contributed by atoms with E-state index in [4.69, 9.17) is 30.4 Å². The summed E-state index contributed by atoms with van der Waals surface area (Å²) in [5, 5.41) is 21.3. The van der Waals surface area contributed by atoms with Gasteiger partial charge in [0.05, 0.1) is 72.4 Å². The predicted octanol–water partition coefficient (Wildman–Crippen LogP) is -8.56. The molecule has 13 N–H and O–H groups in total. The highest BCUT2D eigenvalue weighted by molar-refractivity contribution is 7.80. The van der Waals surface area contributed by atoms with E-state index in [-0.39, 0.29) is 89.7 Å². The zero-order valence-electron chi connectivity index (χ0n) is 32.2. The number of nitrogens with one attached hydrogen (secondary N) is 9. The SMILES string of the molecule is NCC(=O)NC(CS)C(=O)NCC(=O)NCC(=O)NCC(=O)NC(CS)C(=O)NCC(=O)NC(CS)C(=O)NCCOCCOCCOCCNC(=O)COCC(N)=O. The lowest BCUT2D eigenvalue weighted by molar-refractivity contribution is -0.131. The number of primary amides is 1. The molecule has 59 heavy (non-hydrogen) atoms. The minimum Gasteiger partial charge on any atom is -0.377 e. The Morgan fingerprint density at radius 1 is 0.424 bits per heavy atom. The molecule has 0 aliphatic heterocycles. The van der Waals surface area contributed by atoms with Crippen LogP contribution in [-0.2, 0) is 66.9 Å².